The van der Waals surface area contributed by atoms with E-state index in [2.05, 4.69) is 5.32 Å². The number of likely N-dealkylation sites (N-methyl/N-ethyl adjacent to an activating group) is 1. The second-order valence-corrected chi connectivity index (χ2v) is 3.98. The Hall–Kier alpha value is -1.18. The van der Waals surface area contributed by atoms with Gasteiger partial charge in [0.1, 0.15) is 0 Å². The van der Waals surface area contributed by atoms with Gasteiger partial charge in [-0.3, -0.25) is 9.59 Å². The highest BCUT2D eigenvalue weighted by Gasteiger charge is 2.14. The monoisotopic (exact) mass is 246 g/mol. The quantitative estimate of drug-likeness (QED) is 0.403. The van der Waals surface area contributed by atoms with Crippen LogP contribution in [0, 0.1) is 0 Å². The highest BCUT2D eigenvalue weighted by atomic mass is 16.5. The fourth-order valence-electron chi connectivity index (χ4n) is 1.04. The number of amides is 2. The second kappa shape index (κ2) is 8.91. The van der Waals surface area contributed by atoms with Gasteiger partial charge in [0.15, 0.2) is 0 Å². The van der Waals surface area contributed by atoms with Crippen molar-refractivity contribution in [2.24, 2.45) is 11.5 Å². The van der Waals surface area contributed by atoms with Crippen molar-refractivity contribution in [1.29, 1.82) is 0 Å². The van der Waals surface area contributed by atoms with Crippen LogP contribution in [0.3, 0.4) is 0 Å². The van der Waals surface area contributed by atoms with Crippen LogP contribution in [0.4, 0.5) is 0 Å². The lowest BCUT2D eigenvalue weighted by molar-refractivity contribution is -0.126. The largest absolute Gasteiger partial charge is 0.378 e. The molecule has 0 aliphatic heterocycles. The molecule has 0 bridgehead atoms. The summed E-state index contributed by atoms with van der Waals surface area (Å²) in [6.07, 6.45) is -0.146. The van der Waals surface area contributed by atoms with E-state index >= 15 is 0 Å². The maximum absolute atomic E-state index is 11.3. The summed E-state index contributed by atoms with van der Waals surface area (Å²) in [6.45, 7) is 2.23. The molecule has 7 heteroatoms. The van der Waals surface area contributed by atoms with Gasteiger partial charge >= 0.3 is 0 Å². The van der Waals surface area contributed by atoms with E-state index in [1.54, 1.807) is 0 Å². The maximum atomic E-state index is 11.3. The Labute approximate surface area is 101 Å². The molecule has 0 spiro atoms. The number of nitrogens with two attached hydrogens (primary N) is 2. The molecule has 2 amide bonds. The average Bonchev–Trinajstić information content (AvgIpc) is 2.21. The predicted octanol–water partition coefficient (Wildman–Crippen LogP) is -2.12. The third-order valence-electron chi connectivity index (χ3n) is 1.99. The number of ether oxygens (including phenoxy) is 1. The minimum atomic E-state index is -0.880. The molecule has 0 aliphatic rings. The molecule has 100 valence electrons. The highest BCUT2D eigenvalue weighted by molar-refractivity contribution is 5.87. The van der Waals surface area contributed by atoms with Crippen molar-refractivity contribution in [2.45, 2.75) is 12.5 Å². The molecule has 0 saturated carbocycles. The Morgan fingerprint density at radius 2 is 2.00 bits per heavy atom. The van der Waals surface area contributed by atoms with E-state index in [9.17, 15) is 9.59 Å². The standard InChI is InChI=1S/C10H22N4O3/c1-14(2)4-6-17-5-3-13-10(16)8(11)7-9(12)15/h8H,3-7,11H2,1-2H3,(H2,12,15)(H,13,16). The first-order valence-electron chi connectivity index (χ1n) is 5.47. The van der Waals surface area contributed by atoms with Gasteiger partial charge in [0, 0.05) is 13.1 Å². The SMILES string of the molecule is CN(C)CCOCCNC(=O)C(N)CC(N)=O. The van der Waals surface area contributed by atoms with Crippen LogP contribution in [0.2, 0.25) is 0 Å². The summed E-state index contributed by atoms with van der Waals surface area (Å²) in [4.78, 5) is 23.8. The van der Waals surface area contributed by atoms with Gasteiger partial charge in [-0.25, -0.2) is 0 Å². The van der Waals surface area contributed by atoms with Crippen LogP contribution in [0.25, 0.3) is 0 Å². The molecule has 5 N–H and O–H groups in total. The summed E-state index contributed by atoms with van der Waals surface area (Å²) in [6, 6.07) is -0.880. The van der Waals surface area contributed by atoms with Crippen molar-refractivity contribution in [3.05, 3.63) is 0 Å². The van der Waals surface area contributed by atoms with Gasteiger partial charge in [0.2, 0.25) is 11.8 Å². The molecule has 0 aromatic heterocycles. The van der Waals surface area contributed by atoms with Crippen molar-refractivity contribution in [3.8, 4) is 0 Å². The third-order valence-corrected chi connectivity index (χ3v) is 1.99. The molecular formula is C10H22N4O3. The normalized spacial score (nSPS) is 12.5. The summed E-state index contributed by atoms with van der Waals surface area (Å²) >= 11 is 0. The molecule has 0 aromatic carbocycles. The molecule has 0 rings (SSSR count). The molecule has 0 fully saturated rings. The van der Waals surface area contributed by atoms with E-state index in [0.717, 1.165) is 6.54 Å². The Kier molecular flexibility index (Phi) is 8.29. The van der Waals surface area contributed by atoms with Crippen molar-refractivity contribution >= 4 is 11.8 Å². The molecule has 0 radical (unpaired) electrons. The van der Waals surface area contributed by atoms with Crippen LogP contribution in [0.5, 0.6) is 0 Å². The number of nitrogens with one attached hydrogen (secondary N) is 1. The summed E-state index contributed by atoms with van der Waals surface area (Å²) in [5.41, 5.74) is 10.4. The fraction of sp³-hybridized carbons (Fsp3) is 0.800. The van der Waals surface area contributed by atoms with Crippen molar-refractivity contribution in [3.63, 3.8) is 0 Å². The van der Waals surface area contributed by atoms with E-state index in [4.69, 9.17) is 16.2 Å². The zero-order valence-electron chi connectivity index (χ0n) is 10.4. The Bertz CT molecular complexity index is 246. The minimum Gasteiger partial charge on any atom is -0.378 e. The van der Waals surface area contributed by atoms with Gasteiger partial charge in [-0.2, -0.15) is 0 Å². The molecular weight excluding hydrogens is 224 g/mol. The van der Waals surface area contributed by atoms with Gasteiger partial charge in [-0.1, -0.05) is 0 Å². The third kappa shape index (κ3) is 9.73. The molecule has 0 aromatic rings. The molecule has 0 saturated heterocycles. The average molecular weight is 246 g/mol. The van der Waals surface area contributed by atoms with Gasteiger partial charge in [0.05, 0.1) is 25.7 Å². The number of hydrogen-bond donors (Lipinski definition) is 3. The van der Waals surface area contributed by atoms with E-state index in [0.29, 0.717) is 19.8 Å². The van der Waals surface area contributed by atoms with Crippen LogP contribution in [-0.2, 0) is 14.3 Å². The van der Waals surface area contributed by atoms with E-state index in [-0.39, 0.29) is 12.3 Å². The maximum Gasteiger partial charge on any atom is 0.237 e. The molecule has 1 unspecified atom stereocenters. The zero-order chi connectivity index (χ0) is 13.3. The molecule has 0 heterocycles. The number of hydrogen-bond acceptors (Lipinski definition) is 5. The van der Waals surface area contributed by atoms with Gasteiger partial charge in [0.25, 0.3) is 0 Å². The summed E-state index contributed by atoms with van der Waals surface area (Å²) in [5.74, 6) is -0.977. The summed E-state index contributed by atoms with van der Waals surface area (Å²) in [5, 5.41) is 2.57. The van der Waals surface area contributed by atoms with Crippen LogP contribution in [-0.4, -0.2) is 63.2 Å². The van der Waals surface area contributed by atoms with E-state index in [1.807, 2.05) is 19.0 Å². The number of primary amides is 1. The smallest absolute Gasteiger partial charge is 0.237 e. The molecule has 1 atom stereocenters. The van der Waals surface area contributed by atoms with Gasteiger partial charge in [-0.05, 0) is 14.1 Å². The number of nitrogens with zero attached hydrogens (tertiary/aromatic N) is 1. The van der Waals surface area contributed by atoms with Gasteiger partial charge < -0.3 is 26.4 Å². The van der Waals surface area contributed by atoms with E-state index < -0.39 is 11.9 Å². The lowest BCUT2D eigenvalue weighted by Gasteiger charge is -2.12. The Morgan fingerprint density at radius 1 is 1.35 bits per heavy atom. The summed E-state index contributed by atoms with van der Waals surface area (Å²) < 4.78 is 5.27. The van der Waals surface area contributed by atoms with Crippen molar-refractivity contribution < 1.29 is 14.3 Å². The topological polar surface area (TPSA) is 111 Å². The molecule has 7 nitrogen and oxygen atoms in total. The fourth-order valence-corrected chi connectivity index (χ4v) is 1.04. The van der Waals surface area contributed by atoms with Crippen LogP contribution < -0.4 is 16.8 Å². The van der Waals surface area contributed by atoms with Crippen LogP contribution in [0.15, 0.2) is 0 Å². The molecule has 0 aliphatic carbocycles. The Balaban J connectivity index is 3.48. The van der Waals surface area contributed by atoms with Crippen molar-refractivity contribution in [1.82, 2.24) is 10.2 Å². The first-order valence-corrected chi connectivity index (χ1v) is 5.47. The lowest BCUT2D eigenvalue weighted by Crippen LogP contribution is -2.44. The molecule has 17 heavy (non-hydrogen) atoms. The first-order chi connectivity index (χ1) is 7.93. The first kappa shape index (κ1) is 15.8. The zero-order valence-corrected chi connectivity index (χ0v) is 10.4. The van der Waals surface area contributed by atoms with Crippen LogP contribution in [0.1, 0.15) is 6.42 Å². The number of carbonyl (C=O) groups is 2. The lowest BCUT2D eigenvalue weighted by atomic mass is 10.2. The van der Waals surface area contributed by atoms with Crippen LogP contribution >= 0.6 is 0 Å². The number of rotatable bonds is 9. The predicted molar refractivity (Wildman–Crippen MR) is 64.2 cm³/mol. The minimum absolute atomic E-state index is 0.146. The highest BCUT2D eigenvalue weighted by Crippen LogP contribution is 1.86. The number of carbonyl (C=O) groups excluding carboxylic acids is 2. The van der Waals surface area contributed by atoms with Crippen molar-refractivity contribution in [2.75, 3.05) is 40.4 Å². The van der Waals surface area contributed by atoms with E-state index in [1.165, 1.54) is 0 Å². The van der Waals surface area contributed by atoms with Gasteiger partial charge in [-0.15, -0.1) is 0 Å². The second-order valence-electron chi connectivity index (χ2n) is 3.98. The Morgan fingerprint density at radius 3 is 2.53 bits per heavy atom. The summed E-state index contributed by atoms with van der Waals surface area (Å²) in [7, 11) is 3.90.